The number of carbonyl (C=O) groups is 1. The van der Waals surface area contributed by atoms with Gasteiger partial charge in [-0.2, -0.15) is 0 Å². The molecule has 0 aliphatic rings. The van der Waals surface area contributed by atoms with E-state index in [0.29, 0.717) is 35.8 Å². The van der Waals surface area contributed by atoms with Crippen molar-refractivity contribution in [2.75, 3.05) is 27.9 Å². The van der Waals surface area contributed by atoms with Crippen molar-refractivity contribution in [3.8, 4) is 23.0 Å². The van der Waals surface area contributed by atoms with Crippen LogP contribution >= 0.6 is 0 Å². The first-order chi connectivity index (χ1) is 14.0. The Kier molecular flexibility index (Phi) is 8.19. The van der Waals surface area contributed by atoms with Gasteiger partial charge in [0.25, 0.3) is 0 Å². The molecule has 0 heterocycles. The van der Waals surface area contributed by atoms with E-state index in [0.717, 1.165) is 18.4 Å². The van der Waals surface area contributed by atoms with Gasteiger partial charge < -0.3 is 24.1 Å². The molecule has 2 aromatic rings. The molecule has 0 aromatic heterocycles. The van der Waals surface area contributed by atoms with Gasteiger partial charge in [0.05, 0.1) is 27.9 Å². The number of carbonyl (C=O) groups excluding carboxylic acids is 1. The zero-order valence-electron chi connectivity index (χ0n) is 17.8. The first-order valence-corrected chi connectivity index (χ1v) is 9.74. The van der Waals surface area contributed by atoms with Crippen LogP contribution in [0.5, 0.6) is 23.0 Å². The van der Waals surface area contributed by atoms with Gasteiger partial charge >= 0.3 is 5.97 Å². The minimum atomic E-state index is -0.562. The van der Waals surface area contributed by atoms with E-state index in [1.807, 2.05) is 25.1 Å². The van der Waals surface area contributed by atoms with Gasteiger partial charge in [-0.25, -0.2) is 4.79 Å². The molecule has 1 unspecified atom stereocenters. The fraction of sp³-hybridized carbons (Fsp3) is 0.435. The van der Waals surface area contributed by atoms with Crippen molar-refractivity contribution >= 4 is 5.97 Å². The first-order valence-electron chi connectivity index (χ1n) is 9.74. The number of methoxy groups -OCH3 is 3. The minimum absolute atomic E-state index is 0.0656. The maximum Gasteiger partial charge on any atom is 0.341 e. The summed E-state index contributed by atoms with van der Waals surface area (Å²) in [6.45, 7) is 4.60. The molecule has 6 heteroatoms. The van der Waals surface area contributed by atoms with Crippen LogP contribution in [0, 0.1) is 0 Å². The van der Waals surface area contributed by atoms with E-state index in [2.05, 4.69) is 6.92 Å². The maximum atomic E-state index is 11.8. The summed E-state index contributed by atoms with van der Waals surface area (Å²) in [7, 11) is 4.53. The van der Waals surface area contributed by atoms with E-state index >= 15 is 0 Å². The van der Waals surface area contributed by atoms with Gasteiger partial charge in [0.15, 0.2) is 11.5 Å². The summed E-state index contributed by atoms with van der Waals surface area (Å²) in [5.74, 6) is 1.61. The van der Waals surface area contributed by atoms with E-state index in [4.69, 9.17) is 18.9 Å². The predicted molar refractivity (Wildman–Crippen MR) is 112 cm³/mol. The Morgan fingerprint density at radius 1 is 1.03 bits per heavy atom. The van der Waals surface area contributed by atoms with Gasteiger partial charge in [-0.05, 0) is 48.6 Å². The molecule has 0 saturated carbocycles. The Morgan fingerprint density at radius 3 is 2.34 bits per heavy atom. The van der Waals surface area contributed by atoms with Gasteiger partial charge in [0.1, 0.15) is 17.1 Å². The highest BCUT2D eigenvalue weighted by molar-refractivity contribution is 5.93. The van der Waals surface area contributed by atoms with E-state index in [1.54, 1.807) is 20.3 Å². The zero-order chi connectivity index (χ0) is 21.4. The molecular formula is C23H30O6. The standard InChI is InChI=1S/C23H30O6/c1-6-7-17-19(11-9-18(22(17)24)23(25)28-5)29-13-12-15(2)16-8-10-20(26-3)21(14-16)27-4/h8-11,14-15,24H,6-7,12-13H2,1-5H3. The van der Waals surface area contributed by atoms with Crippen molar-refractivity contribution in [2.24, 2.45) is 0 Å². The SMILES string of the molecule is CCCc1c(OCCC(C)c2ccc(OC)c(OC)c2)ccc(C(=O)OC)c1O. The normalized spacial score (nSPS) is 11.6. The molecule has 158 valence electrons. The van der Waals surface area contributed by atoms with Crippen LogP contribution in [0.3, 0.4) is 0 Å². The summed E-state index contributed by atoms with van der Waals surface area (Å²) < 4.78 is 21.4. The number of phenols is 1. The molecule has 0 saturated heterocycles. The van der Waals surface area contributed by atoms with Crippen molar-refractivity contribution in [2.45, 2.75) is 39.0 Å². The molecule has 0 fully saturated rings. The smallest absolute Gasteiger partial charge is 0.341 e. The lowest BCUT2D eigenvalue weighted by molar-refractivity contribution is 0.0597. The lowest BCUT2D eigenvalue weighted by Crippen LogP contribution is -2.08. The molecule has 2 rings (SSSR count). The van der Waals surface area contributed by atoms with E-state index in [1.165, 1.54) is 13.2 Å². The van der Waals surface area contributed by atoms with Crippen molar-refractivity contribution in [1.29, 1.82) is 0 Å². The number of phenolic OH excluding ortho intramolecular Hbond substituents is 1. The van der Waals surface area contributed by atoms with Gasteiger partial charge in [-0.3, -0.25) is 0 Å². The lowest BCUT2D eigenvalue weighted by atomic mass is 9.97. The molecule has 0 spiro atoms. The van der Waals surface area contributed by atoms with E-state index in [-0.39, 0.29) is 17.2 Å². The molecule has 0 aliphatic carbocycles. The molecule has 29 heavy (non-hydrogen) atoms. The Morgan fingerprint density at radius 2 is 1.72 bits per heavy atom. The monoisotopic (exact) mass is 402 g/mol. The minimum Gasteiger partial charge on any atom is -0.507 e. The molecule has 0 radical (unpaired) electrons. The molecule has 0 bridgehead atoms. The topological polar surface area (TPSA) is 74.2 Å². The van der Waals surface area contributed by atoms with Gasteiger partial charge in [-0.15, -0.1) is 0 Å². The average molecular weight is 402 g/mol. The lowest BCUT2D eigenvalue weighted by Gasteiger charge is -2.17. The number of rotatable bonds is 10. The van der Waals surface area contributed by atoms with Crippen LogP contribution in [0.4, 0.5) is 0 Å². The number of ether oxygens (including phenoxy) is 4. The molecule has 1 atom stereocenters. The van der Waals surface area contributed by atoms with Crippen LogP contribution in [-0.4, -0.2) is 39.0 Å². The number of esters is 1. The second-order valence-corrected chi connectivity index (χ2v) is 6.83. The van der Waals surface area contributed by atoms with Crippen molar-refractivity contribution in [3.05, 3.63) is 47.0 Å². The van der Waals surface area contributed by atoms with Crippen LogP contribution in [0.25, 0.3) is 0 Å². The Labute approximate surface area is 172 Å². The average Bonchev–Trinajstić information content (AvgIpc) is 2.74. The Bertz CT molecular complexity index is 830. The second-order valence-electron chi connectivity index (χ2n) is 6.83. The van der Waals surface area contributed by atoms with Gasteiger partial charge in [0.2, 0.25) is 0 Å². The highest BCUT2D eigenvalue weighted by atomic mass is 16.5. The maximum absolute atomic E-state index is 11.8. The molecule has 0 amide bonds. The van der Waals surface area contributed by atoms with Crippen LogP contribution in [0.2, 0.25) is 0 Å². The Balaban J connectivity index is 2.09. The van der Waals surface area contributed by atoms with Crippen LogP contribution in [0.15, 0.2) is 30.3 Å². The van der Waals surface area contributed by atoms with Crippen LogP contribution in [0.1, 0.15) is 54.1 Å². The zero-order valence-corrected chi connectivity index (χ0v) is 17.8. The van der Waals surface area contributed by atoms with Gasteiger partial charge in [-0.1, -0.05) is 26.3 Å². The predicted octanol–water partition coefficient (Wildman–Crippen LogP) is 4.72. The third kappa shape index (κ3) is 5.34. The number of hydrogen-bond acceptors (Lipinski definition) is 6. The first kappa shape index (κ1) is 22.4. The highest BCUT2D eigenvalue weighted by Gasteiger charge is 2.19. The molecular weight excluding hydrogens is 372 g/mol. The van der Waals surface area contributed by atoms with Crippen LogP contribution < -0.4 is 14.2 Å². The fourth-order valence-electron chi connectivity index (χ4n) is 3.19. The third-order valence-electron chi connectivity index (χ3n) is 4.93. The molecule has 6 nitrogen and oxygen atoms in total. The third-order valence-corrected chi connectivity index (χ3v) is 4.93. The van der Waals surface area contributed by atoms with E-state index < -0.39 is 5.97 Å². The summed E-state index contributed by atoms with van der Waals surface area (Å²) in [6, 6.07) is 9.15. The van der Waals surface area contributed by atoms with Gasteiger partial charge in [0, 0.05) is 5.56 Å². The summed E-state index contributed by atoms with van der Waals surface area (Å²) in [5, 5.41) is 10.5. The highest BCUT2D eigenvalue weighted by Crippen LogP contribution is 2.34. The van der Waals surface area contributed by atoms with Crippen LogP contribution in [-0.2, 0) is 11.2 Å². The number of aromatic hydroxyl groups is 1. The van der Waals surface area contributed by atoms with Crippen molar-refractivity contribution < 1.29 is 28.8 Å². The molecule has 2 aromatic carbocycles. The molecule has 1 N–H and O–H groups in total. The summed E-state index contributed by atoms with van der Waals surface area (Å²) in [4.78, 5) is 11.8. The molecule has 0 aliphatic heterocycles. The second kappa shape index (κ2) is 10.6. The summed E-state index contributed by atoms with van der Waals surface area (Å²) in [6.07, 6.45) is 2.20. The number of hydrogen-bond donors (Lipinski definition) is 1. The quantitative estimate of drug-likeness (QED) is 0.580. The number of benzene rings is 2. The summed E-state index contributed by atoms with van der Waals surface area (Å²) in [5.41, 5.74) is 1.92. The van der Waals surface area contributed by atoms with Crippen molar-refractivity contribution in [3.63, 3.8) is 0 Å². The Hall–Kier alpha value is -2.89. The largest absolute Gasteiger partial charge is 0.507 e. The fourth-order valence-corrected chi connectivity index (χ4v) is 3.19. The summed E-state index contributed by atoms with van der Waals surface area (Å²) >= 11 is 0. The van der Waals surface area contributed by atoms with Crippen molar-refractivity contribution in [1.82, 2.24) is 0 Å². The van der Waals surface area contributed by atoms with E-state index in [9.17, 15) is 9.90 Å².